The molecule has 3 aromatic heterocycles. The van der Waals surface area contributed by atoms with Gasteiger partial charge in [-0.15, -0.1) is 11.3 Å². The molecule has 0 spiro atoms. The summed E-state index contributed by atoms with van der Waals surface area (Å²) in [7, 11) is 0. The van der Waals surface area contributed by atoms with Crippen LogP contribution in [-0.2, 0) is 13.0 Å². The first-order valence-electron chi connectivity index (χ1n) is 13.5. The van der Waals surface area contributed by atoms with Crippen molar-refractivity contribution in [3.8, 4) is 11.4 Å². The van der Waals surface area contributed by atoms with Crippen LogP contribution in [0.1, 0.15) is 52.5 Å². The number of pyridine rings is 1. The Morgan fingerprint density at radius 2 is 2.00 bits per heavy atom. The van der Waals surface area contributed by atoms with E-state index in [0.29, 0.717) is 17.9 Å². The van der Waals surface area contributed by atoms with Crippen LogP contribution in [-0.4, -0.2) is 62.9 Å². The lowest BCUT2D eigenvalue weighted by atomic mass is 10.1. The Labute approximate surface area is 226 Å². The van der Waals surface area contributed by atoms with Gasteiger partial charge in [0.15, 0.2) is 0 Å². The molecule has 1 fully saturated rings. The fraction of sp³-hybridized carbons (Fsp3) is 0.414. The lowest BCUT2D eigenvalue weighted by molar-refractivity contribution is 0.0772. The van der Waals surface area contributed by atoms with Gasteiger partial charge in [0.05, 0.1) is 16.7 Å². The number of carbonyl (C=O) groups is 1. The van der Waals surface area contributed by atoms with Gasteiger partial charge in [-0.1, -0.05) is 0 Å². The fourth-order valence-corrected chi connectivity index (χ4v) is 6.72. The van der Waals surface area contributed by atoms with Gasteiger partial charge >= 0.3 is 0 Å². The molecule has 3 N–H and O–H groups in total. The average molecular weight is 531 g/mol. The molecular weight excluding hydrogens is 496 g/mol. The lowest BCUT2D eigenvalue weighted by Crippen LogP contribution is -2.29. The molecule has 8 nitrogen and oxygen atoms in total. The van der Waals surface area contributed by atoms with Gasteiger partial charge in [0, 0.05) is 42.2 Å². The van der Waals surface area contributed by atoms with E-state index < -0.39 is 0 Å². The Balaban J connectivity index is 1.20. The normalized spacial score (nSPS) is 16.5. The van der Waals surface area contributed by atoms with E-state index in [1.165, 1.54) is 36.4 Å². The second-order valence-electron chi connectivity index (χ2n) is 10.7. The number of nitrogens with one attached hydrogen (secondary N) is 3. The molecule has 1 amide bonds. The third-order valence-corrected chi connectivity index (χ3v) is 8.66. The van der Waals surface area contributed by atoms with Crippen molar-refractivity contribution in [2.45, 2.75) is 52.1 Å². The molecular formula is C29H34N6O2S. The predicted octanol–water partition coefficient (Wildman–Crippen LogP) is 4.77. The molecule has 1 aromatic carbocycles. The van der Waals surface area contributed by atoms with Crippen molar-refractivity contribution in [2.24, 2.45) is 0 Å². The van der Waals surface area contributed by atoms with Gasteiger partial charge in [-0.2, -0.15) is 0 Å². The number of anilines is 1. The second-order valence-corrected chi connectivity index (χ2v) is 11.7. The molecule has 4 aromatic rings. The molecule has 1 atom stereocenters. The number of nitrogens with zero attached hydrogens (tertiary/aromatic N) is 3. The highest BCUT2D eigenvalue weighted by Gasteiger charge is 2.28. The standard InChI is InChI=1S/C29H34N6O2S/c1-18-12-21(38-17-18)13-19(2)31-23-6-7-30-28(36)26(23)27-32-24-14-20-16-35(11-5-10-34-8-3-4-9-34)29(37)22(20)15-25(24)33-27/h6-7,12,14-15,17,19H,3-5,8-11,13,16H2,1-2H3,(H,32,33)(H2,30,31,36). The van der Waals surface area contributed by atoms with E-state index in [1.54, 1.807) is 17.5 Å². The first-order valence-corrected chi connectivity index (χ1v) is 14.4. The van der Waals surface area contributed by atoms with Crippen LogP contribution in [0.15, 0.2) is 40.6 Å². The monoisotopic (exact) mass is 530 g/mol. The summed E-state index contributed by atoms with van der Waals surface area (Å²) < 4.78 is 0. The lowest BCUT2D eigenvalue weighted by Gasteiger charge is -2.19. The predicted molar refractivity (Wildman–Crippen MR) is 153 cm³/mol. The zero-order valence-corrected chi connectivity index (χ0v) is 22.8. The molecule has 0 radical (unpaired) electrons. The molecule has 1 saturated heterocycles. The van der Waals surface area contributed by atoms with E-state index in [1.807, 2.05) is 23.1 Å². The van der Waals surface area contributed by atoms with Crippen LogP contribution in [0, 0.1) is 6.92 Å². The Hall–Kier alpha value is -3.43. The zero-order valence-electron chi connectivity index (χ0n) is 22.0. The van der Waals surface area contributed by atoms with Crippen LogP contribution in [0.3, 0.4) is 0 Å². The van der Waals surface area contributed by atoms with Crippen LogP contribution in [0.2, 0.25) is 0 Å². The van der Waals surface area contributed by atoms with Crippen molar-refractivity contribution in [3.05, 3.63) is 67.8 Å². The number of H-pyrrole nitrogens is 2. The van der Waals surface area contributed by atoms with Crippen molar-refractivity contribution in [2.75, 3.05) is 31.5 Å². The number of hydrogen-bond acceptors (Lipinski definition) is 6. The van der Waals surface area contributed by atoms with Crippen LogP contribution in [0.25, 0.3) is 22.4 Å². The van der Waals surface area contributed by atoms with E-state index in [-0.39, 0.29) is 17.5 Å². The van der Waals surface area contributed by atoms with Crippen molar-refractivity contribution in [1.82, 2.24) is 24.8 Å². The van der Waals surface area contributed by atoms with E-state index in [9.17, 15) is 9.59 Å². The number of fused-ring (bicyclic) bond motifs is 2. The minimum Gasteiger partial charge on any atom is -0.381 e. The highest BCUT2D eigenvalue weighted by atomic mass is 32.1. The maximum Gasteiger partial charge on any atom is 0.261 e. The Kier molecular flexibility index (Phi) is 6.80. The first kappa shape index (κ1) is 24.9. The molecule has 9 heteroatoms. The number of carbonyl (C=O) groups excluding carboxylic acids is 1. The second kappa shape index (κ2) is 10.4. The van der Waals surface area contributed by atoms with Gasteiger partial charge in [-0.25, -0.2) is 4.98 Å². The van der Waals surface area contributed by atoms with Crippen molar-refractivity contribution in [3.63, 3.8) is 0 Å². The number of aromatic nitrogens is 3. The summed E-state index contributed by atoms with van der Waals surface area (Å²) in [6.45, 7) is 9.03. The molecule has 5 heterocycles. The molecule has 198 valence electrons. The number of aromatic amines is 2. The Morgan fingerprint density at radius 3 is 2.79 bits per heavy atom. The Morgan fingerprint density at radius 1 is 1.16 bits per heavy atom. The summed E-state index contributed by atoms with van der Waals surface area (Å²) in [6.07, 6.45) is 6.10. The van der Waals surface area contributed by atoms with Gasteiger partial charge in [-0.3, -0.25) is 9.59 Å². The summed E-state index contributed by atoms with van der Waals surface area (Å²) in [6, 6.07) is 8.11. The van der Waals surface area contributed by atoms with Crippen LogP contribution in [0.5, 0.6) is 0 Å². The molecule has 0 saturated carbocycles. The molecule has 0 aliphatic carbocycles. The molecule has 38 heavy (non-hydrogen) atoms. The number of likely N-dealkylation sites (tertiary alicyclic amines) is 1. The van der Waals surface area contributed by atoms with E-state index in [4.69, 9.17) is 4.98 Å². The van der Waals surface area contributed by atoms with Crippen molar-refractivity contribution < 1.29 is 4.79 Å². The van der Waals surface area contributed by atoms with Crippen LogP contribution < -0.4 is 10.9 Å². The summed E-state index contributed by atoms with van der Waals surface area (Å²) in [5, 5.41) is 5.67. The SMILES string of the molecule is Cc1csc(CC(C)Nc2cc[nH]c(=O)c2-c2nc3cc4c(cc3[nH]2)C(=O)N(CCCN2CCCC2)C4)c1. The quantitative estimate of drug-likeness (QED) is 0.290. The fourth-order valence-electron chi connectivity index (χ4n) is 5.72. The maximum absolute atomic E-state index is 13.1. The van der Waals surface area contributed by atoms with Gasteiger partial charge in [0.1, 0.15) is 11.4 Å². The van der Waals surface area contributed by atoms with E-state index >= 15 is 0 Å². The average Bonchev–Trinajstić information content (AvgIpc) is 3.67. The summed E-state index contributed by atoms with van der Waals surface area (Å²) in [4.78, 5) is 42.7. The van der Waals surface area contributed by atoms with Crippen molar-refractivity contribution >= 4 is 34.0 Å². The zero-order chi connectivity index (χ0) is 26.2. The molecule has 1 unspecified atom stereocenters. The van der Waals surface area contributed by atoms with Gasteiger partial charge < -0.3 is 25.1 Å². The molecule has 2 aliphatic rings. The number of rotatable bonds is 9. The van der Waals surface area contributed by atoms with Gasteiger partial charge in [0.2, 0.25) is 0 Å². The summed E-state index contributed by atoms with van der Waals surface area (Å²) in [5.74, 6) is 0.583. The molecule has 2 aliphatic heterocycles. The number of benzene rings is 1. The number of hydrogen-bond donors (Lipinski definition) is 3. The molecule has 6 rings (SSSR count). The Bertz CT molecular complexity index is 1530. The third kappa shape index (κ3) is 5.00. The largest absolute Gasteiger partial charge is 0.381 e. The first-order chi connectivity index (χ1) is 18.4. The summed E-state index contributed by atoms with van der Waals surface area (Å²) in [5.41, 5.74) is 5.54. The number of thiophene rings is 1. The van der Waals surface area contributed by atoms with Gasteiger partial charge in [0.25, 0.3) is 11.5 Å². The topological polar surface area (TPSA) is 97.1 Å². The van der Waals surface area contributed by atoms with Crippen LogP contribution in [0.4, 0.5) is 5.69 Å². The van der Waals surface area contributed by atoms with Crippen LogP contribution >= 0.6 is 11.3 Å². The van der Waals surface area contributed by atoms with E-state index in [0.717, 1.165) is 53.8 Å². The number of amides is 1. The smallest absolute Gasteiger partial charge is 0.261 e. The highest BCUT2D eigenvalue weighted by Crippen LogP contribution is 2.30. The van der Waals surface area contributed by atoms with Gasteiger partial charge in [-0.05, 0) is 93.5 Å². The third-order valence-electron chi connectivity index (χ3n) is 7.58. The van der Waals surface area contributed by atoms with E-state index in [2.05, 4.69) is 45.5 Å². The molecule has 0 bridgehead atoms. The number of aryl methyl sites for hydroxylation is 1. The maximum atomic E-state index is 13.1. The summed E-state index contributed by atoms with van der Waals surface area (Å²) >= 11 is 1.76. The number of imidazole rings is 1. The highest BCUT2D eigenvalue weighted by molar-refractivity contribution is 7.10. The minimum absolute atomic E-state index is 0.0806. The minimum atomic E-state index is -0.207. The van der Waals surface area contributed by atoms with Crippen molar-refractivity contribution in [1.29, 1.82) is 0 Å².